The van der Waals surface area contributed by atoms with Crippen molar-refractivity contribution in [3.8, 4) is 11.1 Å². The zero-order valence-electron chi connectivity index (χ0n) is 18.6. The molecule has 0 heterocycles. The van der Waals surface area contributed by atoms with Crippen molar-refractivity contribution in [2.75, 3.05) is 26.3 Å². The van der Waals surface area contributed by atoms with Crippen LogP contribution in [-0.2, 0) is 19.1 Å². The van der Waals surface area contributed by atoms with Crippen molar-refractivity contribution in [3.63, 3.8) is 0 Å². The van der Waals surface area contributed by atoms with Gasteiger partial charge in [-0.1, -0.05) is 48.5 Å². The zero-order valence-corrected chi connectivity index (χ0v) is 18.6. The molecule has 1 aliphatic rings. The number of aliphatic carboxylic acids is 1. The number of amides is 2. The minimum absolute atomic E-state index is 0.0527. The summed E-state index contributed by atoms with van der Waals surface area (Å²) in [5.41, 5.74) is 4.02. The first-order chi connectivity index (χ1) is 16.2. The minimum Gasteiger partial charge on any atom is -0.481 e. The topological polar surface area (TPSA) is 114 Å². The molecule has 1 unspecified atom stereocenters. The first-order valence-corrected chi connectivity index (χ1v) is 10.8. The molecule has 0 aromatic heterocycles. The fourth-order valence-corrected chi connectivity index (χ4v) is 3.87. The number of nitrogens with one attached hydrogen (secondary N) is 2. The normalized spacial score (nSPS) is 13.5. The van der Waals surface area contributed by atoms with Gasteiger partial charge in [0.1, 0.15) is 6.61 Å². The smallest absolute Gasteiger partial charge is 0.407 e. The summed E-state index contributed by atoms with van der Waals surface area (Å²) in [6, 6.07) is 15.4. The average molecular weight is 476 g/mol. The molecule has 3 rings (SSSR count). The molecular formula is C24H26F2N2O6. The SMILES string of the molecule is CCOC(CNC(=O)C(F)(F)CNC(=O)OCC1c2ccccc2-c2ccccc21)CC(=O)O. The Morgan fingerprint density at radius 3 is 2.18 bits per heavy atom. The van der Waals surface area contributed by atoms with Crippen molar-refractivity contribution in [2.24, 2.45) is 0 Å². The quantitative estimate of drug-likeness (QED) is 0.459. The molecule has 2 aromatic rings. The first kappa shape index (κ1) is 25.1. The highest BCUT2D eigenvalue weighted by Gasteiger charge is 2.39. The monoisotopic (exact) mass is 476 g/mol. The van der Waals surface area contributed by atoms with Gasteiger partial charge in [-0.3, -0.25) is 9.59 Å². The maximum absolute atomic E-state index is 14.2. The number of halogens is 2. The van der Waals surface area contributed by atoms with E-state index < -0.39 is 49.5 Å². The molecule has 1 atom stereocenters. The highest BCUT2D eigenvalue weighted by Crippen LogP contribution is 2.44. The Labute approximate surface area is 195 Å². The van der Waals surface area contributed by atoms with Crippen LogP contribution in [0.5, 0.6) is 0 Å². The number of alkyl carbamates (subject to hydrolysis) is 1. The van der Waals surface area contributed by atoms with Crippen molar-refractivity contribution >= 4 is 18.0 Å². The number of fused-ring (bicyclic) bond motifs is 3. The Morgan fingerprint density at radius 1 is 1.03 bits per heavy atom. The summed E-state index contributed by atoms with van der Waals surface area (Å²) in [6.07, 6.45) is -2.47. The summed E-state index contributed by atoms with van der Waals surface area (Å²) >= 11 is 0. The fraction of sp³-hybridized carbons (Fsp3) is 0.375. The van der Waals surface area contributed by atoms with Gasteiger partial charge in [0.25, 0.3) is 5.91 Å². The third kappa shape index (κ3) is 6.07. The van der Waals surface area contributed by atoms with Gasteiger partial charge in [-0.15, -0.1) is 0 Å². The van der Waals surface area contributed by atoms with Crippen LogP contribution in [0, 0.1) is 0 Å². The molecular weight excluding hydrogens is 450 g/mol. The number of rotatable bonds is 11. The van der Waals surface area contributed by atoms with E-state index in [0.29, 0.717) is 0 Å². The molecule has 1 aliphatic carbocycles. The number of ether oxygens (including phenoxy) is 2. The van der Waals surface area contributed by atoms with Crippen LogP contribution in [0.25, 0.3) is 11.1 Å². The molecule has 0 saturated heterocycles. The predicted molar refractivity (Wildman–Crippen MR) is 119 cm³/mol. The molecule has 2 aromatic carbocycles. The molecule has 8 nitrogen and oxygen atoms in total. The molecule has 0 bridgehead atoms. The molecule has 3 N–H and O–H groups in total. The predicted octanol–water partition coefficient (Wildman–Crippen LogP) is 3.16. The Kier molecular flexibility index (Phi) is 8.17. The van der Waals surface area contributed by atoms with Gasteiger partial charge in [0.05, 0.1) is 19.1 Å². The zero-order chi connectivity index (χ0) is 24.7. The van der Waals surface area contributed by atoms with Crippen molar-refractivity contribution in [1.82, 2.24) is 10.6 Å². The average Bonchev–Trinajstić information content (AvgIpc) is 3.13. The Hall–Kier alpha value is -3.53. The van der Waals surface area contributed by atoms with E-state index in [1.807, 2.05) is 59.2 Å². The summed E-state index contributed by atoms with van der Waals surface area (Å²) in [6.45, 7) is 0.0488. The summed E-state index contributed by atoms with van der Waals surface area (Å²) in [7, 11) is 0. The highest BCUT2D eigenvalue weighted by molar-refractivity contribution is 5.84. The molecule has 0 radical (unpaired) electrons. The molecule has 182 valence electrons. The minimum atomic E-state index is -3.93. The molecule has 0 aliphatic heterocycles. The fourth-order valence-electron chi connectivity index (χ4n) is 3.87. The maximum Gasteiger partial charge on any atom is 0.407 e. The number of carbonyl (C=O) groups excluding carboxylic acids is 2. The van der Waals surface area contributed by atoms with Gasteiger partial charge in [-0.05, 0) is 29.2 Å². The lowest BCUT2D eigenvalue weighted by Gasteiger charge is -2.20. The molecule has 2 amide bonds. The van der Waals surface area contributed by atoms with E-state index in [1.54, 1.807) is 6.92 Å². The van der Waals surface area contributed by atoms with Gasteiger partial charge in [0.2, 0.25) is 0 Å². The van der Waals surface area contributed by atoms with E-state index in [0.717, 1.165) is 22.3 Å². The number of hydrogen-bond acceptors (Lipinski definition) is 5. The Morgan fingerprint density at radius 2 is 1.62 bits per heavy atom. The van der Waals surface area contributed by atoms with Crippen LogP contribution in [0.2, 0.25) is 0 Å². The largest absolute Gasteiger partial charge is 0.481 e. The molecule has 10 heteroatoms. The summed E-state index contributed by atoms with van der Waals surface area (Å²) < 4.78 is 38.6. The summed E-state index contributed by atoms with van der Waals surface area (Å²) in [4.78, 5) is 34.7. The Bertz CT molecular complexity index is 1000. The van der Waals surface area contributed by atoms with Gasteiger partial charge in [-0.2, -0.15) is 8.78 Å². The molecule has 0 saturated carbocycles. The lowest BCUT2D eigenvalue weighted by Crippen LogP contribution is -2.50. The van der Waals surface area contributed by atoms with E-state index in [1.165, 1.54) is 0 Å². The van der Waals surface area contributed by atoms with Gasteiger partial charge < -0.3 is 25.2 Å². The second kappa shape index (κ2) is 11.1. The van der Waals surface area contributed by atoms with E-state index >= 15 is 0 Å². The standard InChI is InChI=1S/C24H26F2N2O6/c1-2-33-15(11-21(29)30)12-27-22(31)24(25,26)14-28-23(32)34-13-20-18-9-5-3-7-16(18)17-8-4-6-10-19(17)20/h3-10,15,20H,2,11-14H2,1H3,(H,27,31)(H,28,32)(H,29,30). The van der Waals surface area contributed by atoms with Crippen molar-refractivity contribution in [2.45, 2.75) is 31.3 Å². The van der Waals surface area contributed by atoms with Crippen molar-refractivity contribution < 1.29 is 37.7 Å². The molecule has 34 heavy (non-hydrogen) atoms. The number of carbonyl (C=O) groups is 3. The van der Waals surface area contributed by atoms with E-state index in [2.05, 4.69) is 0 Å². The lowest BCUT2D eigenvalue weighted by molar-refractivity contribution is -0.146. The van der Waals surface area contributed by atoms with E-state index in [-0.39, 0.29) is 19.1 Å². The van der Waals surface area contributed by atoms with E-state index in [9.17, 15) is 23.2 Å². The van der Waals surface area contributed by atoms with E-state index in [4.69, 9.17) is 14.6 Å². The highest BCUT2D eigenvalue weighted by atomic mass is 19.3. The van der Waals surface area contributed by atoms with Gasteiger partial charge in [0.15, 0.2) is 0 Å². The van der Waals surface area contributed by atoms with Crippen molar-refractivity contribution in [3.05, 3.63) is 59.7 Å². The van der Waals surface area contributed by atoms with Crippen LogP contribution < -0.4 is 10.6 Å². The number of benzene rings is 2. The third-order valence-electron chi connectivity index (χ3n) is 5.43. The molecule has 0 spiro atoms. The Balaban J connectivity index is 1.51. The number of carboxylic acids is 1. The second-order valence-corrected chi connectivity index (χ2v) is 7.77. The second-order valence-electron chi connectivity index (χ2n) is 7.77. The number of carboxylic acid groups (broad SMARTS) is 1. The van der Waals surface area contributed by atoms with Gasteiger partial charge in [0, 0.05) is 19.1 Å². The van der Waals surface area contributed by atoms with Crippen LogP contribution in [0.1, 0.15) is 30.4 Å². The summed E-state index contributed by atoms with van der Waals surface area (Å²) in [5.74, 6) is -6.99. The maximum atomic E-state index is 14.2. The number of alkyl halides is 2. The van der Waals surface area contributed by atoms with Crippen LogP contribution in [0.15, 0.2) is 48.5 Å². The van der Waals surface area contributed by atoms with Crippen LogP contribution in [-0.4, -0.2) is 61.4 Å². The number of hydrogen-bond donors (Lipinski definition) is 3. The van der Waals surface area contributed by atoms with Crippen LogP contribution >= 0.6 is 0 Å². The third-order valence-corrected chi connectivity index (χ3v) is 5.43. The lowest BCUT2D eigenvalue weighted by atomic mass is 9.98. The van der Waals surface area contributed by atoms with Gasteiger partial charge in [-0.25, -0.2) is 4.79 Å². The first-order valence-electron chi connectivity index (χ1n) is 10.8. The summed E-state index contributed by atoms with van der Waals surface area (Å²) in [5, 5.41) is 12.7. The van der Waals surface area contributed by atoms with Gasteiger partial charge >= 0.3 is 18.0 Å². The van der Waals surface area contributed by atoms with Crippen LogP contribution in [0.4, 0.5) is 13.6 Å². The van der Waals surface area contributed by atoms with Crippen molar-refractivity contribution in [1.29, 1.82) is 0 Å². The van der Waals surface area contributed by atoms with Crippen LogP contribution in [0.3, 0.4) is 0 Å². The molecule has 0 fully saturated rings.